The maximum absolute atomic E-state index is 13.2. The number of amides is 1. The first kappa shape index (κ1) is 19.5. The summed E-state index contributed by atoms with van der Waals surface area (Å²) in [4.78, 5) is 20.2. The van der Waals surface area contributed by atoms with Gasteiger partial charge in [0.15, 0.2) is 0 Å². The van der Waals surface area contributed by atoms with Gasteiger partial charge in [-0.15, -0.1) is 0 Å². The van der Waals surface area contributed by atoms with Crippen molar-refractivity contribution in [1.82, 2.24) is 15.1 Å². The second-order valence-corrected chi connectivity index (χ2v) is 6.52. The first-order valence-corrected chi connectivity index (χ1v) is 9.14. The number of carbonyl (C=O) groups excluding carboxylic acids is 1. The van der Waals surface area contributed by atoms with Gasteiger partial charge in [-0.25, -0.2) is 4.98 Å². The van der Waals surface area contributed by atoms with Crippen molar-refractivity contribution in [1.29, 1.82) is 0 Å². The molecule has 4 aromatic rings. The monoisotopic (exact) mass is 424 g/mol. The minimum absolute atomic E-state index is 0.0411. The molecule has 0 aliphatic heterocycles. The topological polar surface area (TPSA) is 90.1 Å². The molecular formula is C21H14ClFN4O3. The summed E-state index contributed by atoms with van der Waals surface area (Å²) >= 11 is 6.18. The van der Waals surface area contributed by atoms with Crippen molar-refractivity contribution in [3.63, 3.8) is 0 Å². The van der Waals surface area contributed by atoms with Crippen LogP contribution in [0.1, 0.15) is 10.5 Å². The summed E-state index contributed by atoms with van der Waals surface area (Å²) in [5, 5.41) is 7.13. The van der Waals surface area contributed by atoms with Gasteiger partial charge in [-0.2, -0.15) is 9.37 Å². The third-order valence-corrected chi connectivity index (χ3v) is 4.51. The minimum Gasteiger partial charge on any atom is -0.496 e. The van der Waals surface area contributed by atoms with Crippen molar-refractivity contribution in [2.24, 2.45) is 0 Å². The van der Waals surface area contributed by atoms with E-state index in [9.17, 15) is 9.18 Å². The second kappa shape index (κ2) is 8.30. The van der Waals surface area contributed by atoms with Gasteiger partial charge in [0.25, 0.3) is 11.8 Å². The lowest BCUT2D eigenvalue weighted by molar-refractivity contribution is 0.102. The van der Waals surface area contributed by atoms with Crippen molar-refractivity contribution >= 4 is 23.2 Å². The molecule has 0 atom stereocenters. The van der Waals surface area contributed by atoms with Gasteiger partial charge in [0, 0.05) is 11.8 Å². The molecule has 2 aromatic carbocycles. The van der Waals surface area contributed by atoms with E-state index in [4.69, 9.17) is 20.9 Å². The van der Waals surface area contributed by atoms with Gasteiger partial charge in [0.05, 0.1) is 23.3 Å². The second-order valence-electron chi connectivity index (χ2n) is 6.12. The number of ether oxygens (including phenoxy) is 1. The fourth-order valence-electron chi connectivity index (χ4n) is 2.76. The average molecular weight is 425 g/mol. The zero-order valence-corrected chi connectivity index (χ0v) is 16.4. The van der Waals surface area contributed by atoms with Gasteiger partial charge in [0.1, 0.15) is 11.4 Å². The highest BCUT2D eigenvalue weighted by molar-refractivity contribution is 6.33. The van der Waals surface area contributed by atoms with Crippen LogP contribution in [0.5, 0.6) is 5.75 Å². The Morgan fingerprint density at radius 3 is 2.67 bits per heavy atom. The van der Waals surface area contributed by atoms with Crippen LogP contribution in [0.4, 0.5) is 10.1 Å². The van der Waals surface area contributed by atoms with Crippen LogP contribution in [0.3, 0.4) is 0 Å². The number of nitrogens with zero attached hydrogens (tertiary/aromatic N) is 3. The summed E-state index contributed by atoms with van der Waals surface area (Å²) in [7, 11) is 1.48. The molecule has 0 aliphatic carbocycles. The van der Waals surface area contributed by atoms with Crippen LogP contribution in [0.2, 0.25) is 5.02 Å². The third kappa shape index (κ3) is 3.99. The maximum Gasteiger partial charge on any atom is 0.274 e. The number of nitrogens with one attached hydrogen (secondary N) is 1. The third-order valence-electron chi connectivity index (χ3n) is 4.18. The number of carbonyl (C=O) groups is 1. The lowest BCUT2D eigenvalue weighted by Crippen LogP contribution is -2.14. The normalized spacial score (nSPS) is 10.6. The predicted molar refractivity (Wildman–Crippen MR) is 109 cm³/mol. The number of hydrogen-bond donors (Lipinski definition) is 1. The molecule has 0 unspecified atom stereocenters. The smallest absolute Gasteiger partial charge is 0.274 e. The van der Waals surface area contributed by atoms with E-state index in [1.165, 1.54) is 19.2 Å². The minimum atomic E-state index is -0.734. The Hall–Kier alpha value is -3.78. The van der Waals surface area contributed by atoms with Crippen molar-refractivity contribution < 1.29 is 18.4 Å². The molecule has 0 spiro atoms. The van der Waals surface area contributed by atoms with Gasteiger partial charge < -0.3 is 14.6 Å². The molecule has 150 valence electrons. The molecule has 2 heterocycles. The number of rotatable bonds is 5. The number of benzene rings is 2. The highest BCUT2D eigenvalue weighted by Gasteiger charge is 2.17. The molecule has 30 heavy (non-hydrogen) atoms. The average Bonchev–Trinajstić information content (AvgIpc) is 3.23. The van der Waals surface area contributed by atoms with Crippen LogP contribution < -0.4 is 10.1 Å². The van der Waals surface area contributed by atoms with E-state index >= 15 is 0 Å². The van der Waals surface area contributed by atoms with E-state index in [2.05, 4.69) is 20.4 Å². The molecule has 0 fully saturated rings. The summed E-state index contributed by atoms with van der Waals surface area (Å²) in [6.45, 7) is 0. The molecule has 0 saturated heterocycles. The molecule has 0 bridgehead atoms. The molecule has 9 heteroatoms. The summed E-state index contributed by atoms with van der Waals surface area (Å²) in [5.41, 5.74) is 1.56. The zero-order valence-electron chi connectivity index (χ0n) is 15.6. The Kier molecular flexibility index (Phi) is 5.40. The number of hydrogen-bond acceptors (Lipinski definition) is 6. The standard InChI is InChI=1S/C21H14ClFN4O3/c1-29-17-11-12(24-20(28)16-7-4-8-18(23)25-16)9-10-14(17)19-26-21(30-27-19)13-5-2-3-6-15(13)22/h2-11H,1H3,(H,24,28). The number of aromatic nitrogens is 3. The van der Waals surface area contributed by atoms with Crippen molar-refractivity contribution in [2.75, 3.05) is 12.4 Å². The molecular weight excluding hydrogens is 411 g/mol. The Labute approximate surface area is 175 Å². The van der Waals surface area contributed by atoms with Crippen molar-refractivity contribution in [3.05, 3.63) is 77.3 Å². The number of pyridine rings is 1. The number of halogens is 2. The molecule has 0 radical (unpaired) electrons. The number of methoxy groups -OCH3 is 1. The summed E-state index contributed by atoms with van der Waals surface area (Å²) in [6, 6.07) is 16.0. The Bertz CT molecular complexity index is 1230. The highest BCUT2D eigenvalue weighted by Crippen LogP contribution is 2.33. The van der Waals surface area contributed by atoms with Crippen LogP contribution in [0.25, 0.3) is 22.8 Å². The van der Waals surface area contributed by atoms with Crippen LogP contribution in [0.15, 0.2) is 65.2 Å². The first-order chi connectivity index (χ1) is 14.5. The van der Waals surface area contributed by atoms with Gasteiger partial charge in [-0.3, -0.25) is 4.79 Å². The Morgan fingerprint density at radius 1 is 1.07 bits per heavy atom. The van der Waals surface area contributed by atoms with E-state index < -0.39 is 11.9 Å². The summed E-state index contributed by atoms with van der Waals surface area (Å²) in [5.74, 6) is -0.308. The fourth-order valence-corrected chi connectivity index (χ4v) is 2.98. The quantitative estimate of drug-likeness (QED) is 0.460. The first-order valence-electron chi connectivity index (χ1n) is 8.76. The molecule has 1 amide bonds. The summed E-state index contributed by atoms with van der Waals surface area (Å²) in [6.07, 6.45) is 0. The van der Waals surface area contributed by atoms with Crippen molar-refractivity contribution in [2.45, 2.75) is 0 Å². The fraction of sp³-hybridized carbons (Fsp3) is 0.0476. The van der Waals surface area contributed by atoms with Crippen LogP contribution in [-0.2, 0) is 0 Å². The molecule has 7 nitrogen and oxygen atoms in total. The van der Waals surface area contributed by atoms with Crippen LogP contribution in [-0.4, -0.2) is 28.1 Å². The largest absolute Gasteiger partial charge is 0.496 e. The molecule has 0 aliphatic rings. The van der Waals surface area contributed by atoms with Gasteiger partial charge in [-0.1, -0.05) is 35.0 Å². The zero-order chi connectivity index (χ0) is 21.1. The SMILES string of the molecule is COc1cc(NC(=O)c2cccc(F)n2)ccc1-c1noc(-c2ccccc2Cl)n1. The molecule has 1 N–H and O–H groups in total. The lowest BCUT2D eigenvalue weighted by Gasteiger charge is -2.09. The number of anilines is 1. The molecule has 0 saturated carbocycles. The Morgan fingerprint density at radius 2 is 1.90 bits per heavy atom. The van der Waals surface area contributed by atoms with Crippen molar-refractivity contribution in [3.8, 4) is 28.6 Å². The maximum atomic E-state index is 13.2. The van der Waals surface area contributed by atoms with E-state index in [0.717, 1.165) is 6.07 Å². The Balaban J connectivity index is 1.60. The highest BCUT2D eigenvalue weighted by atomic mass is 35.5. The lowest BCUT2D eigenvalue weighted by atomic mass is 10.1. The predicted octanol–water partition coefficient (Wildman–Crippen LogP) is 4.85. The van der Waals surface area contributed by atoms with Gasteiger partial charge >= 0.3 is 0 Å². The van der Waals surface area contributed by atoms with Gasteiger partial charge in [-0.05, 0) is 36.4 Å². The van der Waals surface area contributed by atoms with Crippen LogP contribution in [0, 0.1) is 5.95 Å². The van der Waals surface area contributed by atoms with E-state index in [1.54, 1.807) is 36.4 Å². The van der Waals surface area contributed by atoms with Gasteiger partial charge in [0.2, 0.25) is 11.8 Å². The molecule has 2 aromatic heterocycles. The van der Waals surface area contributed by atoms with E-state index in [0.29, 0.717) is 33.4 Å². The summed E-state index contributed by atoms with van der Waals surface area (Å²) < 4.78 is 24.0. The molecule has 4 rings (SSSR count). The van der Waals surface area contributed by atoms with E-state index in [1.807, 2.05) is 6.07 Å². The van der Waals surface area contributed by atoms with Crippen LogP contribution >= 0.6 is 11.6 Å². The van der Waals surface area contributed by atoms with E-state index in [-0.39, 0.29) is 11.6 Å².